The highest BCUT2D eigenvalue weighted by Crippen LogP contribution is 2.55. The van der Waals surface area contributed by atoms with Crippen molar-refractivity contribution in [3.8, 4) is 0 Å². The molecule has 1 aliphatic carbocycles. The molecule has 65 heavy (non-hydrogen) atoms. The minimum absolute atomic E-state index is 0.0161. The number of carbonyl (C=O) groups is 7. The van der Waals surface area contributed by atoms with Gasteiger partial charge in [-0.1, -0.05) is 21.6 Å². The van der Waals surface area contributed by atoms with Crippen LogP contribution in [0.5, 0.6) is 0 Å². The molecular formula is C39H44N12O12S2. The first-order chi connectivity index (χ1) is 31.0. The summed E-state index contributed by atoms with van der Waals surface area (Å²) in [6, 6.07) is 3.10. The lowest BCUT2D eigenvalue weighted by atomic mass is 9.82. The summed E-state index contributed by atoms with van der Waals surface area (Å²) in [5.74, 6) is -5.58. The zero-order valence-electron chi connectivity index (χ0n) is 34.7. The number of Topliss-reactive ketones (excluding diaryl/α,β-unsaturated/α-hetero) is 2. The van der Waals surface area contributed by atoms with Gasteiger partial charge < -0.3 is 62.6 Å². The molecule has 6 atom stereocenters. The van der Waals surface area contributed by atoms with Gasteiger partial charge in [0, 0.05) is 66.6 Å². The van der Waals surface area contributed by atoms with Gasteiger partial charge in [-0.3, -0.25) is 29.0 Å². The summed E-state index contributed by atoms with van der Waals surface area (Å²) in [7, 11) is 3.86. The number of methoxy groups -OCH3 is 1. The van der Waals surface area contributed by atoms with E-state index in [1.165, 1.54) is 36.2 Å². The topological polar surface area (TPSA) is 375 Å². The largest absolute Gasteiger partial charge is 0.480 e. The summed E-state index contributed by atoms with van der Waals surface area (Å²) >= 11 is 0. The molecule has 5 heterocycles. The van der Waals surface area contributed by atoms with Crippen LogP contribution in [0.1, 0.15) is 35.8 Å². The lowest BCUT2D eigenvalue weighted by Crippen LogP contribution is -2.55. The number of aliphatic carboxylic acids is 2. The standard InChI is InChI=1S/C39H44N12O12S2/c1-16-26(30(54)25-20(14-63-38(41)61)39(62-2)31-22(47-31)13-51(39)28(25)29(16)53)42-9-10-64-65-15-23(36(59)60)46-24(52)8-7-21(35(57)58)48-33(55)17-3-5-18(6-4-17)43-11-19-12-44-32-27(45-19)34(56)50-37(40)49-32/h3-6,12,20-23,31,42-43,47H,7-11,13-15H2,1-2H3,(H2,41,61)(H,46,52)(H,48,55)(H,57,58)(H,59,60)(H3,40,44,49,50,56)/t20-,21?,22?,23?,31+,39-/m1/s1. The lowest BCUT2D eigenvalue weighted by Gasteiger charge is -2.39. The molecule has 2 saturated heterocycles. The molecule has 12 N–H and O–H groups in total. The predicted molar refractivity (Wildman–Crippen MR) is 233 cm³/mol. The van der Waals surface area contributed by atoms with Crippen LogP contribution in [0.4, 0.5) is 16.4 Å². The third-order valence-electron chi connectivity index (χ3n) is 11.2. The van der Waals surface area contributed by atoms with Crippen molar-refractivity contribution >= 4 is 85.8 Å². The molecule has 0 radical (unpaired) electrons. The van der Waals surface area contributed by atoms with Crippen molar-refractivity contribution < 1.29 is 53.2 Å². The third kappa shape index (κ3) is 9.55. The van der Waals surface area contributed by atoms with Crippen LogP contribution in [-0.2, 0) is 40.0 Å². The number of fused-ring (bicyclic) bond motifs is 5. The van der Waals surface area contributed by atoms with E-state index in [1.54, 1.807) is 24.0 Å². The maximum atomic E-state index is 14.0. The van der Waals surface area contributed by atoms with Gasteiger partial charge >= 0.3 is 18.0 Å². The second-order valence-electron chi connectivity index (χ2n) is 15.2. The number of H-pyrrole nitrogens is 1. The molecule has 4 aliphatic rings. The van der Waals surface area contributed by atoms with Crippen LogP contribution >= 0.6 is 21.6 Å². The molecule has 2 fully saturated rings. The Kier molecular flexibility index (Phi) is 13.6. The highest BCUT2D eigenvalue weighted by atomic mass is 33.1. The van der Waals surface area contributed by atoms with E-state index in [9.17, 15) is 48.6 Å². The molecule has 26 heteroatoms. The Balaban J connectivity index is 0.841. The van der Waals surface area contributed by atoms with Crippen molar-refractivity contribution in [2.24, 2.45) is 11.7 Å². The third-order valence-corrected chi connectivity index (χ3v) is 13.7. The number of amides is 3. The number of nitrogens with zero attached hydrogens (tertiary/aromatic N) is 4. The molecule has 1 aromatic carbocycles. The molecule has 2 aromatic heterocycles. The second kappa shape index (κ2) is 19.1. The van der Waals surface area contributed by atoms with Gasteiger partial charge in [0.05, 0.1) is 41.8 Å². The first-order valence-corrected chi connectivity index (χ1v) is 22.5. The Morgan fingerprint density at radius 2 is 1.75 bits per heavy atom. The van der Waals surface area contributed by atoms with E-state index in [2.05, 4.69) is 46.5 Å². The molecule has 3 amide bonds. The van der Waals surface area contributed by atoms with Gasteiger partial charge in [-0.25, -0.2) is 24.4 Å². The molecule has 3 unspecified atom stereocenters. The average molecular weight is 937 g/mol. The number of rotatable bonds is 21. The summed E-state index contributed by atoms with van der Waals surface area (Å²) in [6.45, 7) is 2.07. The lowest BCUT2D eigenvalue weighted by molar-refractivity contribution is -0.142. The fourth-order valence-electron chi connectivity index (χ4n) is 8.10. The smallest absolute Gasteiger partial charge is 0.404 e. The van der Waals surface area contributed by atoms with Crippen molar-refractivity contribution in [3.05, 3.63) is 74.6 Å². The number of nitrogens with two attached hydrogens (primary N) is 2. The van der Waals surface area contributed by atoms with Gasteiger partial charge in [0.15, 0.2) is 16.9 Å². The highest BCUT2D eigenvalue weighted by molar-refractivity contribution is 8.76. The van der Waals surface area contributed by atoms with Gasteiger partial charge in [0.1, 0.15) is 18.7 Å². The fourth-order valence-corrected chi connectivity index (χ4v) is 10.2. The molecule has 24 nitrogen and oxygen atoms in total. The zero-order chi connectivity index (χ0) is 46.7. The van der Waals surface area contributed by atoms with E-state index >= 15 is 0 Å². The number of piperazine rings is 1. The van der Waals surface area contributed by atoms with Crippen LogP contribution in [-0.4, -0.2) is 145 Å². The summed E-state index contributed by atoms with van der Waals surface area (Å²) < 4.78 is 11.1. The van der Waals surface area contributed by atoms with Gasteiger partial charge in [-0.15, -0.1) is 0 Å². The number of allylic oxidation sites excluding steroid dienone is 2. The van der Waals surface area contributed by atoms with Crippen molar-refractivity contribution in [1.82, 2.24) is 46.1 Å². The second-order valence-corrected chi connectivity index (χ2v) is 17.9. The van der Waals surface area contributed by atoms with E-state index in [4.69, 9.17) is 20.9 Å². The van der Waals surface area contributed by atoms with Crippen LogP contribution in [0.15, 0.2) is 57.8 Å². The van der Waals surface area contributed by atoms with Crippen molar-refractivity contribution in [2.45, 2.75) is 56.2 Å². The van der Waals surface area contributed by atoms with E-state index in [-0.39, 0.29) is 95.0 Å². The molecular weight excluding hydrogens is 893 g/mol. The van der Waals surface area contributed by atoms with Crippen molar-refractivity contribution in [2.75, 3.05) is 49.4 Å². The number of aromatic nitrogens is 4. The van der Waals surface area contributed by atoms with Gasteiger partial charge in [0.25, 0.3) is 11.5 Å². The molecule has 7 rings (SSSR count). The van der Waals surface area contributed by atoms with Crippen LogP contribution in [0.25, 0.3) is 11.2 Å². The van der Waals surface area contributed by atoms with E-state index in [0.717, 1.165) is 10.8 Å². The number of hydrogen-bond donors (Lipinski definition) is 10. The number of nitrogens with one attached hydrogen (secondary N) is 6. The Morgan fingerprint density at radius 3 is 2.45 bits per heavy atom. The minimum Gasteiger partial charge on any atom is -0.480 e. The maximum absolute atomic E-state index is 14.0. The van der Waals surface area contributed by atoms with E-state index in [0.29, 0.717) is 23.7 Å². The molecule has 3 aromatic rings. The Hall–Kier alpha value is -6.77. The quantitative estimate of drug-likeness (QED) is 0.0260. The number of nitrogen functional groups attached to an aromatic ring is 1. The summed E-state index contributed by atoms with van der Waals surface area (Å²) in [6.07, 6.45) is -0.345. The van der Waals surface area contributed by atoms with Gasteiger partial charge in [-0.2, -0.15) is 4.98 Å². The first kappa shape index (κ1) is 46.2. The Morgan fingerprint density at radius 1 is 1.02 bits per heavy atom. The molecule has 0 saturated carbocycles. The van der Waals surface area contributed by atoms with Gasteiger partial charge in [-0.05, 0) is 37.6 Å². The van der Waals surface area contributed by atoms with E-state index < -0.39 is 71.3 Å². The fraction of sp³-hybridized carbons (Fsp3) is 0.410. The predicted octanol–water partition coefficient (Wildman–Crippen LogP) is -1.19. The summed E-state index contributed by atoms with van der Waals surface area (Å²) in [5.41, 5.74) is 11.1. The number of hydrogen-bond acceptors (Lipinski definition) is 20. The monoisotopic (exact) mass is 936 g/mol. The number of anilines is 2. The minimum atomic E-state index is -1.47. The van der Waals surface area contributed by atoms with Crippen LogP contribution in [0.3, 0.4) is 0 Å². The zero-order valence-corrected chi connectivity index (χ0v) is 36.3. The summed E-state index contributed by atoms with van der Waals surface area (Å²) in [5, 5.41) is 33.7. The number of carbonyl (C=O) groups excluding carboxylic acids is 5. The highest BCUT2D eigenvalue weighted by Gasteiger charge is 2.72. The average Bonchev–Trinajstić information content (AvgIpc) is 3.88. The summed E-state index contributed by atoms with van der Waals surface area (Å²) in [4.78, 5) is 118. The molecule has 0 spiro atoms. The van der Waals surface area contributed by atoms with E-state index in [1.807, 2.05) is 0 Å². The number of ether oxygens (including phenoxy) is 2. The Bertz CT molecular complexity index is 2590. The Labute approximate surface area is 375 Å². The number of primary amides is 1. The maximum Gasteiger partial charge on any atom is 0.404 e. The molecule has 3 aliphatic heterocycles. The molecule has 0 bridgehead atoms. The molecule has 344 valence electrons. The first-order valence-electron chi connectivity index (χ1n) is 20.0. The van der Waals surface area contributed by atoms with Gasteiger partial charge in [0.2, 0.25) is 23.4 Å². The number of ketones is 2. The normalized spacial score (nSPS) is 21.6. The van der Waals surface area contributed by atoms with Crippen LogP contribution in [0, 0.1) is 5.92 Å². The number of aromatic amines is 1. The SMILES string of the molecule is CO[C@@]12[C@H](COC(N)=O)C3=C(C(=O)C(C)=C(NCCSSCC(NC(=O)CCC(NC(=O)c4ccc(NCc5cnc6nc(N)[nH]c(=O)c6n5)cc4)C(=O)O)C(=O)O)C3=O)N1CC1N[C@@H]12. The van der Waals surface area contributed by atoms with Crippen LogP contribution < -0.4 is 43.6 Å². The number of carboxylic acid groups (broad SMARTS) is 2. The number of benzene rings is 1. The van der Waals surface area contributed by atoms with Crippen molar-refractivity contribution in [3.63, 3.8) is 0 Å². The number of carboxylic acids is 2. The van der Waals surface area contributed by atoms with Crippen molar-refractivity contribution in [1.29, 1.82) is 0 Å². The van der Waals surface area contributed by atoms with Crippen LogP contribution in [0.2, 0.25) is 0 Å².